The van der Waals surface area contributed by atoms with Crippen molar-refractivity contribution in [2.75, 3.05) is 24.6 Å². The summed E-state index contributed by atoms with van der Waals surface area (Å²) >= 11 is 0. The van der Waals surface area contributed by atoms with Crippen LogP contribution in [0.5, 0.6) is 0 Å². The Hall–Kier alpha value is -1.92. The molecule has 0 aliphatic rings. The van der Waals surface area contributed by atoms with Gasteiger partial charge in [-0.05, 0) is 11.6 Å². The monoisotopic (exact) mass is 252 g/mol. The molecule has 0 atom stereocenters. The van der Waals surface area contributed by atoms with Gasteiger partial charge in [-0.1, -0.05) is 12.1 Å². The van der Waals surface area contributed by atoms with Crippen molar-refractivity contribution < 1.29 is 15.1 Å². The number of nitro benzene ring substituents is 1. The number of anilines is 1. The Morgan fingerprint density at radius 3 is 2.67 bits per heavy atom. The summed E-state index contributed by atoms with van der Waals surface area (Å²) in [5.74, 6) is 0. The number of aliphatic hydroxyl groups is 2. The number of hydrogen-bond donors (Lipinski definition) is 2. The zero-order valence-corrected chi connectivity index (χ0v) is 9.95. The molecule has 0 radical (unpaired) electrons. The zero-order chi connectivity index (χ0) is 13.5. The van der Waals surface area contributed by atoms with E-state index in [-0.39, 0.29) is 25.4 Å². The van der Waals surface area contributed by atoms with Gasteiger partial charge in [0.05, 0.1) is 18.1 Å². The number of aliphatic hydroxyl groups excluding tert-OH is 2. The van der Waals surface area contributed by atoms with Crippen LogP contribution in [0.3, 0.4) is 0 Å². The fourth-order valence-electron chi connectivity index (χ4n) is 1.67. The molecule has 0 amide bonds. The summed E-state index contributed by atoms with van der Waals surface area (Å²) in [5, 5.41) is 29.0. The van der Waals surface area contributed by atoms with Gasteiger partial charge >= 0.3 is 0 Å². The summed E-state index contributed by atoms with van der Waals surface area (Å²) in [7, 11) is 0. The molecule has 0 bridgehead atoms. The first-order valence-corrected chi connectivity index (χ1v) is 5.49. The maximum Gasteiger partial charge on any atom is 0.292 e. The molecule has 0 saturated carbocycles. The van der Waals surface area contributed by atoms with Gasteiger partial charge < -0.3 is 15.1 Å². The molecule has 98 valence electrons. The average molecular weight is 252 g/mol. The normalized spacial score (nSPS) is 10.1. The van der Waals surface area contributed by atoms with Gasteiger partial charge in [-0.25, -0.2) is 0 Å². The molecule has 0 aromatic heterocycles. The van der Waals surface area contributed by atoms with Crippen LogP contribution >= 0.6 is 0 Å². The summed E-state index contributed by atoms with van der Waals surface area (Å²) < 4.78 is 0. The molecule has 0 aliphatic carbocycles. The van der Waals surface area contributed by atoms with Gasteiger partial charge in [-0.15, -0.1) is 6.58 Å². The van der Waals surface area contributed by atoms with Crippen LogP contribution in [0, 0.1) is 10.1 Å². The van der Waals surface area contributed by atoms with Crippen molar-refractivity contribution in [1.82, 2.24) is 0 Å². The summed E-state index contributed by atoms with van der Waals surface area (Å²) in [5.41, 5.74) is 0.802. The third-order valence-electron chi connectivity index (χ3n) is 2.48. The highest BCUT2D eigenvalue weighted by Gasteiger charge is 2.19. The Kier molecular flexibility index (Phi) is 5.29. The summed E-state index contributed by atoms with van der Waals surface area (Å²) in [6.45, 7) is 3.92. The molecule has 0 spiro atoms. The minimum absolute atomic E-state index is 0.0862. The number of nitrogens with zero attached hydrogens (tertiary/aromatic N) is 2. The van der Waals surface area contributed by atoms with Gasteiger partial charge in [-0.3, -0.25) is 10.1 Å². The fourth-order valence-corrected chi connectivity index (χ4v) is 1.67. The smallest absolute Gasteiger partial charge is 0.292 e. The zero-order valence-electron chi connectivity index (χ0n) is 9.95. The van der Waals surface area contributed by atoms with Crippen molar-refractivity contribution in [3.63, 3.8) is 0 Å². The number of hydrogen-bond acceptors (Lipinski definition) is 5. The predicted octanol–water partition coefficient (Wildman–Crippen LogP) is 1.07. The van der Waals surface area contributed by atoms with Gasteiger partial charge in [0.1, 0.15) is 5.69 Å². The van der Waals surface area contributed by atoms with E-state index in [2.05, 4.69) is 6.58 Å². The molecule has 6 heteroatoms. The first-order chi connectivity index (χ1) is 8.63. The van der Waals surface area contributed by atoms with E-state index >= 15 is 0 Å². The minimum atomic E-state index is -0.498. The van der Waals surface area contributed by atoms with Crippen molar-refractivity contribution in [1.29, 1.82) is 0 Å². The molecule has 18 heavy (non-hydrogen) atoms. The lowest BCUT2D eigenvalue weighted by atomic mass is 10.1. The summed E-state index contributed by atoms with van der Waals surface area (Å²) in [4.78, 5) is 12.2. The van der Waals surface area contributed by atoms with Crippen LogP contribution < -0.4 is 4.90 Å². The number of rotatable bonds is 7. The van der Waals surface area contributed by atoms with E-state index in [1.807, 2.05) is 0 Å². The lowest BCUT2D eigenvalue weighted by Gasteiger charge is -2.22. The second-order valence-corrected chi connectivity index (χ2v) is 3.70. The lowest BCUT2D eigenvalue weighted by molar-refractivity contribution is -0.384. The summed E-state index contributed by atoms with van der Waals surface area (Å²) in [6.07, 6.45) is 1.61. The quantitative estimate of drug-likeness (QED) is 0.430. The number of nitro groups is 1. The molecule has 2 N–H and O–H groups in total. The molecule has 1 aromatic rings. The maximum absolute atomic E-state index is 11.0. The van der Waals surface area contributed by atoms with E-state index in [1.165, 1.54) is 6.07 Å². The minimum Gasteiger partial charge on any atom is -0.395 e. The van der Waals surface area contributed by atoms with Crippen molar-refractivity contribution >= 4 is 11.4 Å². The standard InChI is InChI=1S/C12H16N2O4/c1-2-5-13(6-7-15)11-4-3-10(9-16)8-12(11)14(17)18/h2-4,8,15-16H,1,5-7,9H2. The third-order valence-corrected chi connectivity index (χ3v) is 2.48. The van der Waals surface area contributed by atoms with Crippen LogP contribution in [0.1, 0.15) is 5.56 Å². The van der Waals surface area contributed by atoms with Crippen LogP contribution in [0.25, 0.3) is 0 Å². The van der Waals surface area contributed by atoms with E-state index < -0.39 is 4.92 Å². The molecule has 6 nitrogen and oxygen atoms in total. The average Bonchev–Trinajstić information content (AvgIpc) is 2.37. The van der Waals surface area contributed by atoms with Crippen LogP contribution in [0.4, 0.5) is 11.4 Å². The van der Waals surface area contributed by atoms with Gasteiger partial charge in [0.25, 0.3) is 5.69 Å². The third kappa shape index (κ3) is 3.28. The molecule has 0 unspecified atom stereocenters. The number of benzene rings is 1. The molecular weight excluding hydrogens is 236 g/mol. The Labute approximate surface area is 105 Å². The molecular formula is C12H16N2O4. The molecule has 0 fully saturated rings. The second kappa shape index (κ2) is 6.73. The van der Waals surface area contributed by atoms with Crippen LogP contribution in [0.2, 0.25) is 0 Å². The Balaban J connectivity index is 3.18. The first kappa shape index (κ1) is 14.1. The van der Waals surface area contributed by atoms with Crippen molar-refractivity contribution in [2.45, 2.75) is 6.61 Å². The van der Waals surface area contributed by atoms with Gasteiger partial charge in [0, 0.05) is 19.2 Å². The first-order valence-electron chi connectivity index (χ1n) is 5.49. The van der Waals surface area contributed by atoms with E-state index in [0.717, 1.165) is 0 Å². The molecule has 0 aliphatic heterocycles. The highest BCUT2D eigenvalue weighted by Crippen LogP contribution is 2.29. The highest BCUT2D eigenvalue weighted by molar-refractivity contribution is 5.64. The topological polar surface area (TPSA) is 86.8 Å². The van der Waals surface area contributed by atoms with Crippen molar-refractivity contribution in [3.8, 4) is 0 Å². The maximum atomic E-state index is 11.0. The van der Waals surface area contributed by atoms with E-state index in [9.17, 15) is 10.1 Å². The van der Waals surface area contributed by atoms with Gasteiger partial charge in [-0.2, -0.15) is 0 Å². The van der Waals surface area contributed by atoms with Crippen molar-refractivity contribution in [2.24, 2.45) is 0 Å². The Morgan fingerprint density at radius 2 is 2.17 bits per heavy atom. The highest BCUT2D eigenvalue weighted by atomic mass is 16.6. The largest absolute Gasteiger partial charge is 0.395 e. The van der Waals surface area contributed by atoms with Crippen LogP contribution in [-0.2, 0) is 6.61 Å². The van der Waals surface area contributed by atoms with E-state index in [4.69, 9.17) is 10.2 Å². The van der Waals surface area contributed by atoms with E-state index in [0.29, 0.717) is 17.8 Å². The molecule has 1 aromatic carbocycles. The SMILES string of the molecule is C=CCN(CCO)c1ccc(CO)cc1[N+](=O)[O-]. The van der Waals surface area contributed by atoms with Gasteiger partial charge in [0.15, 0.2) is 0 Å². The van der Waals surface area contributed by atoms with Crippen molar-refractivity contribution in [3.05, 3.63) is 46.5 Å². The van der Waals surface area contributed by atoms with Crippen LogP contribution in [-0.4, -0.2) is 34.8 Å². The second-order valence-electron chi connectivity index (χ2n) is 3.70. The predicted molar refractivity (Wildman–Crippen MR) is 68.5 cm³/mol. The van der Waals surface area contributed by atoms with Gasteiger partial charge in [0.2, 0.25) is 0 Å². The fraction of sp³-hybridized carbons (Fsp3) is 0.333. The molecule has 0 saturated heterocycles. The summed E-state index contributed by atoms with van der Waals surface area (Å²) in [6, 6.07) is 4.53. The Morgan fingerprint density at radius 1 is 1.44 bits per heavy atom. The van der Waals surface area contributed by atoms with E-state index in [1.54, 1.807) is 23.1 Å². The lowest BCUT2D eigenvalue weighted by Crippen LogP contribution is -2.27. The Bertz CT molecular complexity index is 434. The molecule has 0 heterocycles. The molecule has 1 rings (SSSR count). The van der Waals surface area contributed by atoms with Crippen LogP contribution in [0.15, 0.2) is 30.9 Å².